The predicted octanol–water partition coefficient (Wildman–Crippen LogP) is 12.7. The standard InChI is InChI=1S/C69H88N2O4/c1-5-6-8-21-49-26-27-50-38-57-58-40-67-32-15-31-65(3)60(73)30-33-68(57,64(65)67)56-37-47-19-11-12-22-52(47)54(55(56)39-67)36-44-16-13-20-46(35-44)48-25-29-61(71-42-48)70-34-14-23-51(45-17-9-7-10-18-45)43(2)24-28-53(63(74)75)62-59(72)41-69(49,58)66(50,62)4/h11-13,15-16,19-20,22,25,29,32,35,37,39,45,49-51,53,56,59-60,62,64,70-73H,2,5-10,14,17-18,21,23-24,26-28,30-31,33-34,36,38,40-42H2,1,3-4H3,(H,74,75)/t49-,50+,51-,53-,56+,59-,60+,62+,64-,65-,66-,67-,68+,69-/m1/s1. The zero-order valence-corrected chi connectivity index (χ0v) is 45.8. The number of carboxylic acids is 1. The summed E-state index contributed by atoms with van der Waals surface area (Å²) in [6.45, 7) is 13.9. The summed E-state index contributed by atoms with van der Waals surface area (Å²) >= 11 is 0. The second-order valence-corrected chi connectivity index (χ2v) is 27.1. The van der Waals surface area contributed by atoms with Gasteiger partial charge in [0.25, 0.3) is 0 Å². The molecule has 6 aliphatic heterocycles. The zero-order valence-electron chi connectivity index (χ0n) is 45.8. The molecule has 0 saturated heterocycles. The third-order valence-corrected chi connectivity index (χ3v) is 24.0. The van der Waals surface area contributed by atoms with Crippen LogP contribution in [-0.4, -0.2) is 46.6 Å². The van der Waals surface area contributed by atoms with E-state index in [2.05, 4.69) is 116 Å². The molecule has 6 heterocycles. The first-order valence-electron chi connectivity index (χ1n) is 30.5. The topological polar surface area (TPSA) is 102 Å². The molecule has 0 aromatic heterocycles. The maximum Gasteiger partial charge on any atom is 0.306 e. The highest BCUT2D eigenvalue weighted by Crippen LogP contribution is 2.84. The van der Waals surface area contributed by atoms with Crippen LogP contribution in [0.2, 0.25) is 0 Å². The average Bonchev–Trinajstić information content (AvgIpc) is 3.96. The summed E-state index contributed by atoms with van der Waals surface area (Å²) in [7, 11) is 0. The first-order valence-corrected chi connectivity index (χ1v) is 30.5. The van der Waals surface area contributed by atoms with Crippen LogP contribution in [0, 0.1) is 74.4 Å². The fourth-order valence-electron chi connectivity index (χ4n) is 21.1. The number of carbonyl (C=O) groups is 1. The molecule has 9 aliphatic carbocycles. The van der Waals surface area contributed by atoms with Crippen LogP contribution in [0.3, 0.4) is 0 Å². The number of nitrogens with one attached hydrogen (secondary N) is 2. The number of unbranched alkanes of at least 4 members (excludes halogenated alkanes) is 2. The van der Waals surface area contributed by atoms with Gasteiger partial charge in [0.15, 0.2) is 0 Å². The molecule has 14 atom stereocenters. The lowest BCUT2D eigenvalue weighted by Gasteiger charge is -2.74. The van der Waals surface area contributed by atoms with Gasteiger partial charge in [0.2, 0.25) is 0 Å². The molecule has 6 nitrogen and oxygen atoms in total. The molecule has 15 aliphatic rings. The van der Waals surface area contributed by atoms with Crippen molar-refractivity contribution in [1.82, 2.24) is 10.6 Å². The van der Waals surface area contributed by atoms with Crippen molar-refractivity contribution in [3.05, 3.63) is 135 Å². The van der Waals surface area contributed by atoms with Crippen LogP contribution in [-0.2, 0) is 11.2 Å². The van der Waals surface area contributed by atoms with E-state index in [0.29, 0.717) is 37.0 Å². The lowest BCUT2D eigenvalue weighted by molar-refractivity contribution is -0.176. The fraction of sp³-hybridized carbons (Fsp3) is 0.609. The largest absolute Gasteiger partial charge is 0.481 e. The van der Waals surface area contributed by atoms with Gasteiger partial charge in [-0.05, 0) is 182 Å². The van der Waals surface area contributed by atoms with Gasteiger partial charge >= 0.3 is 5.97 Å². The van der Waals surface area contributed by atoms with Crippen LogP contribution in [0.4, 0.5) is 0 Å². The fourth-order valence-corrected chi connectivity index (χ4v) is 21.1. The number of hydrogen-bond donors (Lipinski definition) is 5. The number of aliphatic carboxylic acids is 1. The number of aliphatic hydroxyl groups is 2. The van der Waals surface area contributed by atoms with Crippen LogP contribution in [0.25, 0.3) is 17.2 Å². The van der Waals surface area contributed by atoms with Crippen molar-refractivity contribution in [1.29, 1.82) is 0 Å². The number of carboxylic acid groups (broad SMARTS) is 1. The van der Waals surface area contributed by atoms with Crippen molar-refractivity contribution in [2.24, 2.45) is 74.4 Å². The van der Waals surface area contributed by atoms with Gasteiger partial charge in [-0.15, -0.1) is 0 Å². The predicted molar refractivity (Wildman–Crippen MR) is 303 cm³/mol. The van der Waals surface area contributed by atoms with Gasteiger partial charge in [0, 0.05) is 46.6 Å². The molecule has 0 radical (unpaired) electrons. The van der Waals surface area contributed by atoms with Gasteiger partial charge in [0.05, 0.1) is 23.9 Å². The van der Waals surface area contributed by atoms with Crippen molar-refractivity contribution in [2.45, 2.75) is 174 Å². The zero-order chi connectivity index (χ0) is 51.5. The summed E-state index contributed by atoms with van der Waals surface area (Å²) in [6.07, 6.45) is 36.7. The lowest BCUT2D eigenvalue weighted by atomic mass is 9.29. The Morgan fingerprint density at radius 2 is 1.75 bits per heavy atom. The molecule has 0 amide bonds. The van der Waals surface area contributed by atoms with Gasteiger partial charge in [-0.1, -0.05) is 162 Å². The molecule has 15 bridgehead atoms. The Kier molecular flexibility index (Phi) is 12.6. The summed E-state index contributed by atoms with van der Waals surface area (Å²) < 4.78 is 0. The molecular weight excluding hydrogens is 921 g/mol. The molecule has 0 unspecified atom stereocenters. The van der Waals surface area contributed by atoms with Crippen molar-refractivity contribution in [2.75, 3.05) is 13.1 Å². The number of fused-ring (bicyclic) bond motifs is 1. The molecule has 6 heteroatoms. The highest BCUT2D eigenvalue weighted by Gasteiger charge is 2.78. The first kappa shape index (κ1) is 50.1. The molecule has 2 aromatic carbocycles. The number of benzene rings is 2. The van der Waals surface area contributed by atoms with Crippen molar-refractivity contribution >= 4 is 23.2 Å². The van der Waals surface area contributed by atoms with Crippen molar-refractivity contribution < 1.29 is 20.1 Å². The van der Waals surface area contributed by atoms with Gasteiger partial charge in [0.1, 0.15) is 0 Å². The second kappa shape index (κ2) is 18.9. The summed E-state index contributed by atoms with van der Waals surface area (Å²) in [4.78, 5) is 14.3. The number of hydrogen-bond acceptors (Lipinski definition) is 5. The van der Waals surface area contributed by atoms with E-state index >= 15 is 0 Å². The van der Waals surface area contributed by atoms with Gasteiger partial charge in [-0.2, -0.15) is 0 Å². The number of aliphatic hydroxyl groups excluding tert-OH is 2. The van der Waals surface area contributed by atoms with E-state index in [1.807, 2.05) is 0 Å². The second-order valence-electron chi connectivity index (χ2n) is 27.1. The SMILES string of the molecule is C=C1CC[C@@H](C(=O)O)[C@H]2[C@H](O)C[C@]34C5=C(C[C@H](CC[C@H]3CCCCC)[C@]24C)[C@]23CC[C@H](O)[C@@]4(C)CC=C[C@@](C=C6C(=c7ccccc7=C[C@@H]62)Cc2cccc(c2)C2=CC=C(NCCC[C@H]1C1CCCCC1)NC2)(C5)[C@@H]43. The van der Waals surface area contributed by atoms with Crippen LogP contribution >= 0.6 is 0 Å². The number of rotatable bonds is 6. The van der Waals surface area contributed by atoms with E-state index in [4.69, 9.17) is 6.58 Å². The van der Waals surface area contributed by atoms with Crippen LogP contribution in [0.15, 0.2) is 114 Å². The summed E-state index contributed by atoms with van der Waals surface area (Å²) in [5.74, 6) is 1.39. The van der Waals surface area contributed by atoms with E-state index in [9.17, 15) is 20.1 Å². The molecule has 4 fully saturated rings. The Bertz CT molecular complexity index is 2930. The van der Waals surface area contributed by atoms with E-state index < -0.39 is 18.0 Å². The Labute approximate surface area is 448 Å². The van der Waals surface area contributed by atoms with E-state index in [1.54, 1.807) is 11.1 Å². The summed E-state index contributed by atoms with van der Waals surface area (Å²) in [5, 5.41) is 47.8. The smallest absolute Gasteiger partial charge is 0.306 e. The maximum absolute atomic E-state index is 14.3. The first-order chi connectivity index (χ1) is 36.4. The van der Waals surface area contributed by atoms with E-state index in [0.717, 1.165) is 89.5 Å². The molecule has 2 spiro atoms. The lowest BCUT2D eigenvalue weighted by Crippen LogP contribution is -2.69. The normalized spacial score (nSPS) is 40.9. The van der Waals surface area contributed by atoms with Crippen LogP contribution in [0.1, 0.15) is 167 Å². The van der Waals surface area contributed by atoms with Crippen molar-refractivity contribution in [3.8, 4) is 0 Å². The number of dihydropyridines is 1. The Morgan fingerprint density at radius 3 is 2.56 bits per heavy atom. The third-order valence-electron chi connectivity index (χ3n) is 24.0. The highest BCUT2D eigenvalue weighted by atomic mass is 16.4. The van der Waals surface area contributed by atoms with Gasteiger partial charge in [-0.25, -0.2) is 0 Å². The Morgan fingerprint density at radius 1 is 0.893 bits per heavy atom. The van der Waals surface area contributed by atoms with Crippen LogP contribution < -0.4 is 21.1 Å². The van der Waals surface area contributed by atoms with Gasteiger partial charge in [-0.3, -0.25) is 4.79 Å². The monoisotopic (exact) mass is 1010 g/mol. The minimum Gasteiger partial charge on any atom is -0.481 e. The molecular formula is C69H88N2O4. The number of allylic oxidation sites excluding steroid dienone is 9. The molecule has 17 rings (SSSR count). The minimum atomic E-state index is -0.718. The van der Waals surface area contributed by atoms with Gasteiger partial charge < -0.3 is 26.0 Å². The Balaban J connectivity index is 1.02. The molecule has 398 valence electrons. The molecule has 5 N–H and O–H groups in total. The Hall–Kier alpha value is -4.39. The molecule has 75 heavy (non-hydrogen) atoms. The average molecular weight is 1010 g/mol. The van der Waals surface area contributed by atoms with E-state index in [-0.39, 0.29) is 56.9 Å². The minimum absolute atomic E-state index is 0.143. The molecule has 2 aromatic rings. The summed E-state index contributed by atoms with van der Waals surface area (Å²) in [5.41, 5.74) is 9.92. The van der Waals surface area contributed by atoms with Crippen molar-refractivity contribution in [3.63, 3.8) is 0 Å². The molecule has 4 saturated carbocycles. The highest BCUT2D eigenvalue weighted by molar-refractivity contribution is 5.78. The maximum atomic E-state index is 14.3. The van der Waals surface area contributed by atoms with E-state index in [1.165, 1.54) is 95.2 Å². The van der Waals surface area contributed by atoms with Crippen LogP contribution in [0.5, 0.6) is 0 Å². The third kappa shape index (κ3) is 7.45. The summed E-state index contributed by atoms with van der Waals surface area (Å²) in [6, 6.07) is 18.6. The quantitative estimate of drug-likeness (QED) is 0.146.